The molecule has 0 aromatic carbocycles. The molecular weight excluding hydrogens is 286 g/mol. The van der Waals surface area contributed by atoms with E-state index in [1.807, 2.05) is 0 Å². The number of carbonyl (C=O) groups excluding carboxylic acids is 3. The third-order valence-corrected chi connectivity index (χ3v) is 3.42. The standard InChI is InChI=1S/C15H23N3O4/c1-9-13(15(21)22-6)10(2)16-14(9)11(19)7-18(5)8-12(20)17(3)4/h16H,7-8H2,1-6H3. The number of Topliss-reactive ketones (excluding diaryl/α,β-unsaturated/α-hetero) is 1. The largest absolute Gasteiger partial charge is 0.465 e. The molecule has 22 heavy (non-hydrogen) atoms. The van der Waals surface area contributed by atoms with Crippen molar-refractivity contribution in [1.82, 2.24) is 14.8 Å². The minimum absolute atomic E-state index is 0.0788. The Morgan fingerprint density at radius 3 is 2.18 bits per heavy atom. The number of nitrogens with zero attached hydrogens (tertiary/aromatic N) is 2. The van der Waals surface area contributed by atoms with Gasteiger partial charge < -0.3 is 14.6 Å². The molecule has 0 saturated heterocycles. The number of H-pyrrole nitrogens is 1. The molecule has 1 aromatic heterocycles. The molecule has 1 aromatic rings. The Labute approximate surface area is 130 Å². The molecular formula is C15H23N3O4. The quantitative estimate of drug-likeness (QED) is 0.615. The Hall–Kier alpha value is -2.15. The summed E-state index contributed by atoms with van der Waals surface area (Å²) in [5, 5.41) is 0. The van der Waals surface area contributed by atoms with E-state index in [2.05, 4.69) is 4.98 Å². The lowest BCUT2D eigenvalue weighted by molar-refractivity contribution is -0.129. The summed E-state index contributed by atoms with van der Waals surface area (Å²) in [6, 6.07) is 0. The second-order valence-electron chi connectivity index (χ2n) is 5.50. The molecule has 0 unspecified atom stereocenters. The fourth-order valence-electron chi connectivity index (χ4n) is 2.19. The molecule has 0 aliphatic heterocycles. The maximum Gasteiger partial charge on any atom is 0.339 e. The van der Waals surface area contributed by atoms with Crippen molar-refractivity contribution in [3.63, 3.8) is 0 Å². The Bertz CT molecular complexity index is 590. The van der Waals surface area contributed by atoms with Gasteiger partial charge in [-0.25, -0.2) is 4.79 Å². The van der Waals surface area contributed by atoms with Crippen molar-refractivity contribution in [1.29, 1.82) is 0 Å². The lowest BCUT2D eigenvalue weighted by Gasteiger charge is -2.18. The Kier molecular flexibility index (Phi) is 5.87. The van der Waals surface area contributed by atoms with E-state index in [4.69, 9.17) is 4.74 Å². The van der Waals surface area contributed by atoms with Crippen molar-refractivity contribution in [3.05, 3.63) is 22.5 Å². The first-order valence-corrected chi connectivity index (χ1v) is 6.88. The molecule has 0 saturated carbocycles. The monoisotopic (exact) mass is 309 g/mol. The average Bonchev–Trinajstić information content (AvgIpc) is 2.72. The van der Waals surface area contributed by atoms with Gasteiger partial charge >= 0.3 is 5.97 Å². The number of aryl methyl sites for hydroxylation is 1. The van der Waals surface area contributed by atoms with E-state index in [9.17, 15) is 14.4 Å². The van der Waals surface area contributed by atoms with Gasteiger partial charge in [-0.05, 0) is 26.5 Å². The SMILES string of the molecule is COC(=O)c1c(C)[nH]c(C(=O)CN(C)CC(=O)N(C)C)c1C. The van der Waals surface area contributed by atoms with Crippen LogP contribution >= 0.6 is 0 Å². The minimum atomic E-state index is -0.471. The van der Waals surface area contributed by atoms with Gasteiger partial charge in [-0.1, -0.05) is 0 Å². The Morgan fingerprint density at radius 1 is 1.09 bits per heavy atom. The van der Waals surface area contributed by atoms with Crippen LogP contribution in [0.2, 0.25) is 0 Å². The molecule has 0 radical (unpaired) electrons. The van der Waals surface area contributed by atoms with Gasteiger partial charge in [0.05, 0.1) is 31.5 Å². The fourth-order valence-corrected chi connectivity index (χ4v) is 2.19. The molecule has 122 valence electrons. The van der Waals surface area contributed by atoms with Crippen LogP contribution in [0.25, 0.3) is 0 Å². The van der Waals surface area contributed by atoms with Crippen molar-refractivity contribution < 1.29 is 19.1 Å². The summed E-state index contributed by atoms with van der Waals surface area (Å²) in [6.45, 7) is 3.66. The number of methoxy groups -OCH3 is 1. The average molecular weight is 309 g/mol. The summed E-state index contributed by atoms with van der Waals surface area (Å²) >= 11 is 0. The molecule has 0 aliphatic carbocycles. The molecule has 7 heteroatoms. The van der Waals surface area contributed by atoms with E-state index in [1.54, 1.807) is 39.9 Å². The van der Waals surface area contributed by atoms with E-state index in [1.165, 1.54) is 12.0 Å². The Balaban J connectivity index is 2.87. The van der Waals surface area contributed by atoms with Crippen LogP contribution in [0.5, 0.6) is 0 Å². The maximum absolute atomic E-state index is 12.4. The molecule has 0 atom stereocenters. The van der Waals surface area contributed by atoms with Crippen molar-refractivity contribution in [2.75, 3.05) is 41.3 Å². The number of hydrogen-bond acceptors (Lipinski definition) is 5. The summed E-state index contributed by atoms with van der Waals surface area (Å²) in [5.41, 5.74) is 1.93. The third kappa shape index (κ3) is 3.94. The van der Waals surface area contributed by atoms with Gasteiger partial charge in [-0.3, -0.25) is 14.5 Å². The molecule has 0 bridgehead atoms. The number of ether oxygens (including phenoxy) is 1. The number of nitrogens with one attached hydrogen (secondary N) is 1. The summed E-state index contributed by atoms with van der Waals surface area (Å²) in [6.07, 6.45) is 0. The van der Waals surface area contributed by atoms with Crippen molar-refractivity contribution in [3.8, 4) is 0 Å². The van der Waals surface area contributed by atoms with Crippen LogP contribution in [0.4, 0.5) is 0 Å². The number of hydrogen-bond donors (Lipinski definition) is 1. The highest BCUT2D eigenvalue weighted by molar-refractivity contribution is 6.02. The van der Waals surface area contributed by atoms with Crippen LogP contribution in [0.1, 0.15) is 32.1 Å². The van der Waals surface area contributed by atoms with Crippen LogP contribution in [0.15, 0.2) is 0 Å². The number of aromatic amines is 1. The highest BCUT2D eigenvalue weighted by atomic mass is 16.5. The lowest BCUT2D eigenvalue weighted by Crippen LogP contribution is -2.37. The van der Waals surface area contributed by atoms with Crippen molar-refractivity contribution in [2.24, 2.45) is 0 Å². The first-order chi connectivity index (χ1) is 10.2. The normalized spacial score (nSPS) is 10.7. The predicted molar refractivity (Wildman–Crippen MR) is 82.1 cm³/mol. The molecule has 1 amide bonds. The van der Waals surface area contributed by atoms with E-state index in [0.29, 0.717) is 22.5 Å². The minimum Gasteiger partial charge on any atom is -0.465 e. The first kappa shape index (κ1) is 17.9. The van der Waals surface area contributed by atoms with Gasteiger partial charge in [0.25, 0.3) is 0 Å². The molecule has 0 fully saturated rings. The molecule has 1 heterocycles. The molecule has 0 aliphatic rings. The highest BCUT2D eigenvalue weighted by Gasteiger charge is 2.23. The lowest BCUT2D eigenvalue weighted by atomic mass is 10.1. The summed E-state index contributed by atoms with van der Waals surface area (Å²) in [5.74, 6) is -0.726. The van der Waals surface area contributed by atoms with Gasteiger partial charge in [0, 0.05) is 19.8 Å². The van der Waals surface area contributed by atoms with E-state index in [-0.39, 0.29) is 24.8 Å². The fraction of sp³-hybridized carbons (Fsp3) is 0.533. The zero-order valence-electron chi connectivity index (χ0n) is 13.9. The van der Waals surface area contributed by atoms with Gasteiger partial charge in [-0.15, -0.1) is 0 Å². The van der Waals surface area contributed by atoms with E-state index < -0.39 is 5.97 Å². The molecule has 1 rings (SSSR count). The van der Waals surface area contributed by atoms with Crippen LogP contribution < -0.4 is 0 Å². The van der Waals surface area contributed by atoms with Crippen LogP contribution in [-0.4, -0.2) is 73.8 Å². The smallest absolute Gasteiger partial charge is 0.339 e. The third-order valence-electron chi connectivity index (χ3n) is 3.42. The second-order valence-corrected chi connectivity index (χ2v) is 5.50. The second kappa shape index (κ2) is 7.22. The van der Waals surface area contributed by atoms with E-state index in [0.717, 1.165) is 0 Å². The number of amides is 1. The zero-order valence-corrected chi connectivity index (χ0v) is 13.9. The number of aromatic nitrogens is 1. The summed E-state index contributed by atoms with van der Waals surface area (Å²) < 4.78 is 4.72. The first-order valence-electron chi connectivity index (χ1n) is 6.88. The van der Waals surface area contributed by atoms with Crippen LogP contribution in [0.3, 0.4) is 0 Å². The molecule has 0 spiro atoms. The number of ketones is 1. The number of rotatable bonds is 6. The van der Waals surface area contributed by atoms with Crippen molar-refractivity contribution in [2.45, 2.75) is 13.8 Å². The van der Waals surface area contributed by atoms with Crippen molar-refractivity contribution >= 4 is 17.7 Å². The predicted octanol–water partition coefficient (Wildman–Crippen LogP) is 0.621. The van der Waals surface area contributed by atoms with Gasteiger partial charge in [-0.2, -0.15) is 0 Å². The van der Waals surface area contributed by atoms with Gasteiger partial charge in [0.1, 0.15) is 0 Å². The molecule has 7 nitrogen and oxygen atoms in total. The summed E-state index contributed by atoms with van der Waals surface area (Å²) in [7, 11) is 6.33. The topological polar surface area (TPSA) is 82.7 Å². The van der Waals surface area contributed by atoms with Crippen LogP contribution in [0, 0.1) is 13.8 Å². The molecule has 1 N–H and O–H groups in total. The maximum atomic E-state index is 12.4. The van der Waals surface area contributed by atoms with Gasteiger partial charge in [0.2, 0.25) is 5.91 Å². The van der Waals surface area contributed by atoms with E-state index >= 15 is 0 Å². The highest BCUT2D eigenvalue weighted by Crippen LogP contribution is 2.19. The van der Waals surface area contributed by atoms with Gasteiger partial charge in [0.15, 0.2) is 5.78 Å². The van der Waals surface area contributed by atoms with Crippen LogP contribution in [-0.2, 0) is 9.53 Å². The summed E-state index contributed by atoms with van der Waals surface area (Å²) in [4.78, 5) is 41.7. The Morgan fingerprint density at radius 2 is 1.68 bits per heavy atom. The number of carbonyl (C=O) groups is 3. The number of esters is 1. The number of likely N-dealkylation sites (N-methyl/N-ethyl adjacent to an activating group) is 2. The zero-order chi connectivity index (χ0) is 17.0.